The quantitative estimate of drug-likeness (QED) is 0.485. The molecule has 3 aromatic rings. The van der Waals surface area contributed by atoms with E-state index in [2.05, 4.69) is 76.9 Å². The van der Waals surface area contributed by atoms with Gasteiger partial charge in [0.1, 0.15) is 0 Å². The SMILES string of the molecule is Cc1ccc(N2C(=S)N[C@@H](c3ccccn3)[C@H]2c2cc(C)n(CCCN3CCOCC3)c2C)cc1. The molecule has 0 aliphatic carbocycles. The van der Waals surface area contributed by atoms with Gasteiger partial charge in [-0.1, -0.05) is 23.8 Å². The highest BCUT2D eigenvalue weighted by Gasteiger charge is 2.42. The fourth-order valence-corrected chi connectivity index (χ4v) is 5.75. The monoisotopic (exact) mass is 489 g/mol. The molecule has 0 amide bonds. The average molecular weight is 490 g/mol. The van der Waals surface area contributed by atoms with Gasteiger partial charge in [-0.15, -0.1) is 0 Å². The maximum atomic E-state index is 5.90. The molecule has 2 atom stereocenters. The van der Waals surface area contributed by atoms with Crippen molar-refractivity contribution in [3.8, 4) is 0 Å². The van der Waals surface area contributed by atoms with Crippen LogP contribution in [0.25, 0.3) is 0 Å². The average Bonchev–Trinajstić information content (AvgIpc) is 3.36. The van der Waals surface area contributed by atoms with Crippen LogP contribution < -0.4 is 10.2 Å². The number of thiocarbonyl (C=S) groups is 1. The maximum Gasteiger partial charge on any atom is 0.174 e. The van der Waals surface area contributed by atoms with Gasteiger partial charge in [-0.2, -0.15) is 0 Å². The van der Waals surface area contributed by atoms with Crippen molar-refractivity contribution in [2.45, 2.75) is 45.8 Å². The highest BCUT2D eigenvalue weighted by Crippen LogP contribution is 2.43. The van der Waals surface area contributed by atoms with Crippen LogP contribution >= 0.6 is 12.2 Å². The van der Waals surface area contributed by atoms with Gasteiger partial charge in [0.25, 0.3) is 0 Å². The minimum atomic E-state index is -0.0210. The Kier molecular flexibility index (Phi) is 7.18. The van der Waals surface area contributed by atoms with Crippen molar-refractivity contribution < 1.29 is 4.74 Å². The number of pyridine rings is 1. The number of nitrogens with zero attached hydrogens (tertiary/aromatic N) is 4. The topological polar surface area (TPSA) is 45.6 Å². The van der Waals surface area contributed by atoms with Crippen LogP contribution in [0, 0.1) is 20.8 Å². The number of aromatic nitrogens is 2. The number of aryl methyl sites for hydroxylation is 2. The van der Waals surface area contributed by atoms with E-state index in [0.717, 1.165) is 62.3 Å². The zero-order valence-corrected chi connectivity index (χ0v) is 21.7. The van der Waals surface area contributed by atoms with Crippen molar-refractivity contribution in [2.24, 2.45) is 0 Å². The van der Waals surface area contributed by atoms with Gasteiger partial charge in [0.15, 0.2) is 5.11 Å². The molecule has 1 aromatic carbocycles. The van der Waals surface area contributed by atoms with Gasteiger partial charge in [0.05, 0.1) is 31.0 Å². The molecule has 0 bridgehead atoms. The minimum Gasteiger partial charge on any atom is -0.379 e. The van der Waals surface area contributed by atoms with E-state index in [4.69, 9.17) is 21.9 Å². The second-order valence-electron chi connectivity index (χ2n) is 9.62. The smallest absolute Gasteiger partial charge is 0.174 e. The molecule has 2 fully saturated rings. The van der Waals surface area contributed by atoms with E-state index in [1.807, 2.05) is 18.3 Å². The lowest BCUT2D eigenvalue weighted by molar-refractivity contribution is 0.0369. The summed E-state index contributed by atoms with van der Waals surface area (Å²) in [5.74, 6) is 0. The molecule has 6 nitrogen and oxygen atoms in total. The molecule has 0 radical (unpaired) electrons. The van der Waals surface area contributed by atoms with Crippen LogP contribution in [0.4, 0.5) is 5.69 Å². The van der Waals surface area contributed by atoms with Crippen LogP contribution in [0.3, 0.4) is 0 Å². The van der Waals surface area contributed by atoms with E-state index >= 15 is 0 Å². The third-order valence-electron chi connectivity index (χ3n) is 7.30. The molecule has 7 heteroatoms. The third-order valence-corrected chi connectivity index (χ3v) is 7.62. The molecule has 0 unspecified atom stereocenters. The molecule has 184 valence electrons. The summed E-state index contributed by atoms with van der Waals surface area (Å²) in [6.07, 6.45) is 2.99. The highest BCUT2D eigenvalue weighted by atomic mass is 32.1. The number of benzene rings is 1. The Morgan fingerprint density at radius 2 is 1.80 bits per heavy atom. The second-order valence-corrected chi connectivity index (χ2v) is 10.0. The van der Waals surface area contributed by atoms with Gasteiger partial charge in [0.2, 0.25) is 0 Å². The summed E-state index contributed by atoms with van der Waals surface area (Å²) in [5.41, 5.74) is 7.25. The molecule has 35 heavy (non-hydrogen) atoms. The predicted octanol–water partition coefficient (Wildman–Crippen LogP) is 4.71. The fourth-order valence-electron chi connectivity index (χ4n) is 5.40. The Bertz CT molecular complexity index is 1150. The van der Waals surface area contributed by atoms with Gasteiger partial charge in [0, 0.05) is 49.5 Å². The van der Waals surface area contributed by atoms with Crippen molar-refractivity contribution in [3.05, 3.63) is 82.9 Å². The molecule has 1 N–H and O–H groups in total. The summed E-state index contributed by atoms with van der Waals surface area (Å²) in [6.45, 7) is 12.5. The van der Waals surface area contributed by atoms with E-state index < -0.39 is 0 Å². The molecule has 5 rings (SSSR count). The molecule has 2 aliphatic rings. The minimum absolute atomic E-state index is 0.0210. The van der Waals surface area contributed by atoms with E-state index in [0.29, 0.717) is 0 Å². The lowest BCUT2D eigenvalue weighted by atomic mass is 9.96. The van der Waals surface area contributed by atoms with Crippen LogP contribution in [-0.2, 0) is 11.3 Å². The van der Waals surface area contributed by atoms with Crippen LogP contribution in [0.5, 0.6) is 0 Å². The van der Waals surface area contributed by atoms with Crippen molar-refractivity contribution in [1.82, 2.24) is 19.8 Å². The number of rotatable bonds is 7. The highest BCUT2D eigenvalue weighted by molar-refractivity contribution is 7.80. The Morgan fingerprint density at radius 3 is 2.51 bits per heavy atom. The van der Waals surface area contributed by atoms with Crippen LogP contribution in [0.2, 0.25) is 0 Å². The van der Waals surface area contributed by atoms with Crippen molar-refractivity contribution in [3.63, 3.8) is 0 Å². The van der Waals surface area contributed by atoms with Crippen molar-refractivity contribution in [2.75, 3.05) is 37.7 Å². The van der Waals surface area contributed by atoms with Gasteiger partial charge >= 0.3 is 0 Å². The molecular weight excluding hydrogens is 454 g/mol. The first-order chi connectivity index (χ1) is 17.0. The summed E-state index contributed by atoms with van der Waals surface area (Å²) in [4.78, 5) is 9.48. The Hall–Kier alpha value is -2.74. The second kappa shape index (κ2) is 10.5. The zero-order valence-electron chi connectivity index (χ0n) is 20.9. The molecule has 2 aromatic heterocycles. The molecule has 0 saturated carbocycles. The molecular formula is C28H35N5OS. The van der Waals surface area contributed by atoms with E-state index in [1.54, 1.807) is 0 Å². The lowest BCUT2D eigenvalue weighted by Crippen LogP contribution is -2.37. The first-order valence-electron chi connectivity index (χ1n) is 12.6. The van der Waals surface area contributed by atoms with Crippen LogP contribution in [0.1, 0.15) is 46.7 Å². The standard InChI is InChI=1S/C28H35N5OS/c1-20-8-10-23(11-9-20)33-27(26(30-28(33)35)25-7-4-5-12-29-25)24-19-21(2)32(22(24)3)14-6-13-31-15-17-34-18-16-31/h4-5,7-12,19,26-27H,6,13-18H2,1-3H3,(H,30,35)/t26-,27+/m0/s1. The Balaban J connectivity index is 1.46. The number of nitrogens with one attached hydrogen (secondary N) is 1. The van der Waals surface area contributed by atoms with Gasteiger partial charge in [-0.25, -0.2) is 0 Å². The summed E-state index contributed by atoms with van der Waals surface area (Å²) >= 11 is 5.90. The normalized spacial score (nSPS) is 20.9. The number of anilines is 1. The number of hydrogen-bond donors (Lipinski definition) is 1. The summed E-state index contributed by atoms with van der Waals surface area (Å²) in [6, 6.07) is 17.1. The maximum absolute atomic E-state index is 5.90. The molecule has 0 spiro atoms. The van der Waals surface area contributed by atoms with Crippen LogP contribution in [-0.4, -0.2) is 52.4 Å². The van der Waals surface area contributed by atoms with E-state index in [1.165, 1.54) is 22.5 Å². The largest absolute Gasteiger partial charge is 0.379 e. The lowest BCUT2D eigenvalue weighted by Gasteiger charge is -2.28. The first kappa shape index (κ1) is 24.0. The molecule has 2 aliphatic heterocycles. The fraction of sp³-hybridized carbons (Fsp3) is 0.429. The molecule has 4 heterocycles. The van der Waals surface area contributed by atoms with Crippen molar-refractivity contribution in [1.29, 1.82) is 0 Å². The van der Waals surface area contributed by atoms with Crippen LogP contribution in [0.15, 0.2) is 54.7 Å². The summed E-state index contributed by atoms with van der Waals surface area (Å²) < 4.78 is 7.97. The van der Waals surface area contributed by atoms with Gasteiger partial charge < -0.3 is 19.5 Å². The van der Waals surface area contributed by atoms with E-state index in [-0.39, 0.29) is 12.1 Å². The zero-order chi connectivity index (χ0) is 24.4. The number of hydrogen-bond acceptors (Lipinski definition) is 4. The van der Waals surface area contributed by atoms with E-state index in [9.17, 15) is 0 Å². The summed E-state index contributed by atoms with van der Waals surface area (Å²) in [5, 5.41) is 4.33. The van der Waals surface area contributed by atoms with Gasteiger partial charge in [-0.05, 0) is 75.3 Å². The number of ether oxygens (including phenoxy) is 1. The summed E-state index contributed by atoms with van der Waals surface area (Å²) in [7, 11) is 0. The Morgan fingerprint density at radius 1 is 1.03 bits per heavy atom. The van der Waals surface area contributed by atoms with Crippen molar-refractivity contribution >= 4 is 23.0 Å². The third kappa shape index (κ3) is 4.99. The first-order valence-corrected chi connectivity index (χ1v) is 13.0. The van der Waals surface area contributed by atoms with Gasteiger partial charge in [-0.3, -0.25) is 9.88 Å². The Labute approximate surface area is 213 Å². The molecule has 2 saturated heterocycles. The number of morpholine rings is 1. The predicted molar refractivity (Wildman–Crippen MR) is 145 cm³/mol.